The van der Waals surface area contributed by atoms with Crippen LogP contribution in [-0.2, 0) is 33.3 Å². The number of carbonyl (C=O) groups is 2. The first kappa shape index (κ1) is 30.0. The highest BCUT2D eigenvalue weighted by molar-refractivity contribution is 5.77. The number of azide groups is 1. The predicted molar refractivity (Wildman–Crippen MR) is 115 cm³/mol. The fourth-order valence-corrected chi connectivity index (χ4v) is 2.94. The quantitative estimate of drug-likeness (QED) is 0.0602. The molecule has 0 bridgehead atoms. The van der Waals surface area contributed by atoms with E-state index >= 15 is 0 Å². The number of hydrogen-bond acceptors (Lipinski definition) is 11. The van der Waals surface area contributed by atoms with Crippen LogP contribution in [0.2, 0.25) is 0 Å². The minimum atomic E-state index is -1.44. The number of aliphatic hydroxyl groups excluding tert-OH is 3. The molecule has 1 heterocycles. The predicted octanol–water partition coefficient (Wildman–Crippen LogP) is -2.19. The SMILES string of the molecule is CC(=O)NC1C(NC(=O)CCOCCOCCOCCOCCN=[N+]=[N-])OC(CO)C(O)C1O. The summed E-state index contributed by atoms with van der Waals surface area (Å²) in [4.78, 5) is 26.2. The smallest absolute Gasteiger partial charge is 0.224 e. The third-order valence-electron chi connectivity index (χ3n) is 4.59. The molecule has 1 saturated heterocycles. The zero-order valence-electron chi connectivity index (χ0n) is 19.2. The molecule has 0 spiro atoms. The lowest BCUT2D eigenvalue weighted by atomic mass is 9.96. The van der Waals surface area contributed by atoms with E-state index in [1.165, 1.54) is 6.92 Å². The van der Waals surface area contributed by atoms with Gasteiger partial charge in [-0.3, -0.25) is 9.59 Å². The van der Waals surface area contributed by atoms with Crippen LogP contribution in [0.4, 0.5) is 0 Å². The summed E-state index contributed by atoms with van der Waals surface area (Å²) in [6, 6.07) is -1.08. The molecule has 0 aromatic rings. The van der Waals surface area contributed by atoms with Crippen molar-refractivity contribution in [3.05, 3.63) is 10.4 Å². The van der Waals surface area contributed by atoms with Crippen molar-refractivity contribution in [1.29, 1.82) is 0 Å². The molecule has 15 heteroatoms. The van der Waals surface area contributed by atoms with E-state index in [-0.39, 0.29) is 26.2 Å². The van der Waals surface area contributed by atoms with Gasteiger partial charge in [0.25, 0.3) is 0 Å². The van der Waals surface area contributed by atoms with E-state index in [0.717, 1.165) is 0 Å². The molecule has 1 aliphatic heterocycles. The van der Waals surface area contributed by atoms with E-state index in [2.05, 4.69) is 20.7 Å². The second-order valence-electron chi connectivity index (χ2n) is 7.21. The van der Waals surface area contributed by atoms with Crippen molar-refractivity contribution in [3.63, 3.8) is 0 Å². The summed E-state index contributed by atoms with van der Waals surface area (Å²) in [5.74, 6) is -0.942. The topological polar surface area (TPSA) is 214 Å². The first-order valence-electron chi connectivity index (χ1n) is 10.9. The molecule has 0 aromatic carbocycles. The number of ether oxygens (including phenoxy) is 5. The van der Waals surface area contributed by atoms with E-state index in [1.54, 1.807) is 0 Å². The van der Waals surface area contributed by atoms with E-state index in [9.17, 15) is 24.9 Å². The van der Waals surface area contributed by atoms with Crippen molar-refractivity contribution in [2.24, 2.45) is 5.11 Å². The van der Waals surface area contributed by atoms with E-state index in [1.807, 2.05) is 0 Å². The molecule has 34 heavy (non-hydrogen) atoms. The van der Waals surface area contributed by atoms with Gasteiger partial charge < -0.3 is 49.6 Å². The highest BCUT2D eigenvalue weighted by Gasteiger charge is 2.45. The molecule has 0 aromatic heterocycles. The summed E-state index contributed by atoms with van der Waals surface area (Å²) < 4.78 is 26.6. The molecule has 196 valence electrons. The summed E-state index contributed by atoms with van der Waals surface area (Å²) in [7, 11) is 0. The van der Waals surface area contributed by atoms with Gasteiger partial charge in [0.1, 0.15) is 24.4 Å². The van der Waals surface area contributed by atoms with E-state index in [0.29, 0.717) is 39.6 Å². The Labute approximate surface area is 197 Å². The number of nitrogens with zero attached hydrogens (tertiary/aromatic N) is 3. The molecule has 0 aliphatic carbocycles. The van der Waals surface area contributed by atoms with Gasteiger partial charge in [-0.1, -0.05) is 5.11 Å². The summed E-state index contributed by atoms with van der Waals surface area (Å²) in [6.45, 7) is 3.50. The molecule has 1 aliphatic rings. The molecular formula is C19H35N5O10. The van der Waals surface area contributed by atoms with Gasteiger partial charge in [-0.15, -0.1) is 0 Å². The largest absolute Gasteiger partial charge is 0.394 e. The van der Waals surface area contributed by atoms with Crippen molar-refractivity contribution < 1.29 is 48.6 Å². The van der Waals surface area contributed by atoms with Gasteiger partial charge in [0.05, 0.1) is 65.9 Å². The van der Waals surface area contributed by atoms with Crippen LogP contribution >= 0.6 is 0 Å². The Balaban J connectivity index is 2.12. The summed E-state index contributed by atoms with van der Waals surface area (Å²) in [5.41, 5.74) is 8.11. The van der Waals surface area contributed by atoms with Crippen LogP contribution in [0.1, 0.15) is 13.3 Å². The van der Waals surface area contributed by atoms with E-state index < -0.39 is 49.0 Å². The van der Waals surface area contributed by atoms with Gasteiger partial charge in [0.2, 0.25) is 11.8 Å². The van der Waals surface area contributed by atoms with Crippen molar-refractivity contribution in [2.45, 2.75) is 43.9 Å². The maximum atomic E-state index is 12.2. The number of carbonyl (C=O) groups excluding carboxylic acids is 2. The van der Waals surface area contributed by atoms with Crippen LogP contribution in [0, 0.1) is 0 Å². The van der Waals surface area contributed by atoms with Crippen molar-refractivity contribution in [2.75, 3.05) is 66.0 Å². The van der Waals surface area contributed by atoms with Crippen LogP contribution in [-0.4, -0.2) is 124 Å². The Bertz CT molecular complexity index is 637. The van der Waals surface area contributed by atoms with Gasteiger partial charge in [-0.05, 0) is 5.53 Å². The van der Waals surface area contributed by atoms with Gasteiger partial charge in [0.15, 0.2) is 6.23 Å². The van der Waals surface area contributed by atoms with E-state index in [4.69, 9.17) is 29.2 Å². The lowest BCUT2D eigenvalue weighted by Crippen LogP contribution is -2.68. The minimum absolute atomic E-state index is 0.0160. The standard InChI is InChI=1S/C19H35N5O10/c1-13(26)22-16-18(29)17(28)14(12-25)34-19(16)23-15(27)2-4-30-6-8-32-10-11-33-9-7-31-5-3-21-24-20/h14,16-19,25,28-29H,2-12H2,1H3,(H,22,26)(H,23,27). The monoisotopic (exact) mass is 493 g/mol. The Morgan fingerprint density at radius 3 is 2.03 bits per heavy atom. The number of amides is 2. The van der Waals surface area contributed by atoms with Gasteiger partial charge in [-0.25, -0.2) is 0 Å². The Morgan fingerprint density at radius 2 is 1.50 bits per heavy atom. The lowest BCUT2D eigenvalue weighted by molar-refractivity contribution is -0.203. The number of rotatable bonds is 18. The zero-order chi connectivity index (χ0) is 25.2. The third-order valence-corrected chi connectivity index (χ3v) is 4.59. The maximum absolute atomic E-state index is 12.2. The molecule has 5 unspecified atom stereocenters. The van der Waals surface area contributed by atoms with Crippen molar-refractivity contribution in [1.82, 2.24) is 10.6 Å². The van der Waals surface area contributed by atoms with Crippen molar-refractivity contribution in [3.8, 4) is 0 Å². The van der Waals surface area contributed by atoms with Crippen LogP contribution in [0.25, 0.3) is 10.4 Å². The zero-order valence-corrected chi connectivity index (χ0v) is 19.2. The van der Waals surface area contributed by atoms with Gasteiger partial charge in [0, 0.05) is 18.4 Å². The first-order valence-corrected chi connectivity index (χ1v) is 10.9. The van der Waals surface area contributed by atoms with Crippen LogP contribution in [0.15, 0.2) is 5.11 Å². The lowest BCUT2D eigenvalue weighted by Gasteiger charge is -2.42. The highest BCUT2D eigenvalue weighted by Crippen LogP contribution is 2.20. The number of aliphatic hydroxyl groups is 3. The van der Waals surface area contributed by atoms with Gasteiger partial charge >= 0.3 is 0 Å². The normalized spacial score (nSPS) is 24.3. The molecule has 1 fully saturated rings. The summed E-state index contributed by atoms with van der Waals surface area (Å²) in [5, 5.41) is 37.8. The summed E-state index contributed by atoms with van der Waals surface area (Å²) >= 11 is 0. The summed E-state index contributed by atoms with van der Waals surface area (Å²) in [6.07, 6.45) is -5.12. The van der Waals surface area contributed by atoms with Gasteiger partial charge in [-0.2, -0.15) is 0 Å². The molecule has 2 amide bonds. The van der Waals surface area contributed by atoms with Crippen LogP contribution < -0.4 is 10.6 Å². The second kappa shape index (κ2) is 18.3. The number of hydrogen-bond donors (Lipinski definition) is 5. The highest BCUT2D eigenvalue weighted by atomic mass is 16.6. The third kappa shape index (κ3) is 12.4. The molecule has 0 saturated carbocycles. The Kier molecular flexibility index (Phi) is 16.1. The average Bonchev–Trinajstić information content (AvgIpc) is 2.81. The maximum Gasteiger partial charge on any atom is 0.224 e. The number of nitrogens with one attached hydrogen (secondary N) is 2. The van der Waals surface area contributed by atoms with Crippen LogP contribution in [0.3, 0.4) is 0 Å². The Morgan fingerprint density at radius 1 is 0.941 bits per heavy atom. The van der Waals surface area contributed by atoms with Crippen molar-refractivity contribution >= 4 is 11.8 Å². The first-order chi connectivity index (χ1) is 16.4. The van der Waals surface area contributed by atoms with Crippen LogP contribution in [0.5, 0.6) is 0 Å². The fraction of sp³-hybridized carbons (Fsp3) is 0.895. The molecule has 15 nitrogen and oxygen atoms in total. The minimum Gasteiger partial charge on any atom is -0.394 e. The molecule has 1 rings (SSSR count). The molecule has 5 N–H and O–H groups in total. The Hall–Kier alpha value is -2.07. The molecule has 0 radical (unpaired) electrons. The molecule has 5 atom stereocenters. The second-order valence-corrected chi connectivity index (χ2v) is 7.21. The fourth-order valence-electron chi connectivity index (χ4n) is 2.94. The average molecular weight is 494 g/mol. The molecular weight excluding hydrogens is 458 g/mol.